The van der Waals surface area contributed by atoms with Gasteiger partial charge < -0.3 is 10.2 Å². The summed E-state index contributed by atoms with van der Waals surface area (Å²) in [7, 11) is 0. The fourth-order valence-corrected chi connectivity index (χ4v) is 2.15. The Kier molecular flexibility index (Phi) is 3.46. The van der Waals surface area contributed by atoms with Gasteiger partial charge in [-0.2, -0.15) is 0 Å². The first kappa shape index (κ1) is 11.4. The van der Waals surface area contributed by atoms with Gasteiger partial charge in [0, 0.05) is 11.1 Å². The van der Waals surface area contributed by atoms with Gasteiger partial charge in [0.05, 0.1) is 0 Å². The highest BCUT2D eigenvalue weighted by Crippen LogP contribution is 2.28. The van der Waals surface area contributed by atoms with Gasteiger partial charge in [-0.3, -0.25) is 0 Å². The van der Waals surface area contributed by atoms with Crippen molar-refractivity contribution in [3.63, 3.8) is 0 Å². The molecule has 0 aromatic heterocycles. The molecule has 0 atom stereocenters. The van der Waals surface area contributed by atoms with E-state index in [4.69, 9.17) is 5.11 Å². The summed E-state index contributed by atoms with van der Waals surface area (Å²) in [6.45, 7) is 0.149. The standard InChI is InChI=1S/C13H13BrO2/c14-12-4-3-9-8-13(16)10(2-1-5-15)6-11(9)7-12/h3-4,6-8,15-16H,1-2,5H2. The van der Waals surface area contributed by atoms with Crippen LogP contribution < -0.4 is 0 Å². The lowest BCUT2D eigenvalue weighted by Gasteiger charge is -2.06. The van der Waals surface area contributed by atoms with Gasteiger partial charge in [0.25, 0.3) is 0 Å². The van der Waals surface area contributed by atoms with Gasteiger partial charge in [-0.25, -0.2) is 0 Å². The van der Waals surface area contributed by atoms with E-state index in [1.165, 1.54) is 0 Å². The van der Waals surface area contributed by atoms with Gasteiger partial charge in [-0.15, -0.1) is 0 Å². The van der Waals surface area contributed by atoms with Crippen LogP contribution >= 0.6 is 15.9 Å². The maximum absolute atomic E-state index is 9.81. The molecule has 0 saturated carbocycles. The third-order valence-corrected chi connectivity index (χ3v) is 3.10. The van der Waals surface area contributed by atoms with E-state index in [1.54, 1.807) is 6.07 Å². The molecular weight excluding hydrogens is 268 g/mol. The maximum Gasteiger partial charge on any atom is 0.119 e. The summed E-state index contributed by atoms with van der Waals surface area (Å²) < 4.78 is 1.03. The number of aromatic hydroxyl groups is 1. The van der Waals surface area contributed by atoms with Crippen molar-refractivity contribution in [2.45, 2.75) is 12.8 Å². The minimum Gasteiger partial charge on any atom is -0.508 e. The number of benzene rings is 2. The van der Waals surface area contributed by atoms with Gasteiger partial charge in [0.1, 0.15) is 5.75 Å². The van der Waals surface area contributed by atoms with Crippen LogP contribution in [0, 0.1) is 0 Å². The topological polar surface area (TPSA) is 40.5 Å². The van der Waals surface area contributed by atoms with E-state index in [0.29, 0.717) is 18.6 Å². The summed E-state index contributed by atoms with van der Waals surface area (Å²) in [6.07, 6.45) is 1.37. The molecule has 16 heavy (non-hydrogen) atoms. The van der Waals surface area contributed by atoms with Crippen molar-refractivity contribution in [1.29, 1.82) is 0 Å². The van der Waals surface area contributed by atoms with Gasteiger partial charge >= 0.3 is 0 Å². The summed E-state index contributed by atoms with van der Waals surface area (Å²) >= 11 is 3.43. The van der Waals surface area contributed by atoms with Gasteiger partial charge in [0.15, 0.2) is 0 Å². The number of hydrogen-bond acceptors (Lipinski definition) is 2. The average Bonchev–Trinajstić information content (AvgIpc) is 2.27. The number of phenolic OH excluding ortho intramolecular Hbond substituents is 1. The predicted octanol–water partition coefficient (Wildman–Crippen LogP) is 3.23. The van der Waals surface area contributed by atoms with Crippen molar-refractivity contribution >= 4 is 26.7 Å². The lowest BCUT2D eigenvalue weighted by atomic mass is 10.0. The summed E-state index contributed by atoms with van der Waals surface area (Å²) in [6, 6.07) is 9.70. The SMILES string of the molecule is OCCCc1cc2cc(Br)ccc2cc1O. The van der Waals surface area contributed by atoms with E-state index < -0.39 is 0 Å². The molecule has 2 nitrogen and oxygen atoms in total. The molecule has 2 aromatic rings. The molecule has 3 heteroatoms. The molecule has 0 amide bonds. The number of phenols is 1. The highest BCUT2D eigenvalue weighted by molar-refractivity contribution is 9.10. The van der Waals surface area contributed by atoms with E-state index in [9.17, 15) is 5.11 Å². The van der Waals surface area contributed by atoms with Gasteiger partial charge in [0.2, 0.25) is 0 Å². The second-order valence-electron chi connectivity index (χ2n) is 3.80. The van der Waals surface area contributed by atoms with Gasteiger partial charge in [-0.1, -0.05) is 22.0 Å². The maximum atomic E-state index is 9.81. The van der Waals surface area contributed by atoms with Crippen molar-refractivity contribution in [2.75, 3.05) is 6.61 Å². The first-order valence-corrected chi connectivity index (χ1v) is 6.02. The minimum atomic E-state index is 0.149. The fourth-order valence-electron chi connectivity index (χ4n) is 1.77. The van der Waals surface area contributed by atoms with E-state index >= 15 is 0 Å². The highest BCUT2D eigenvalue weighted by atomic mass is 79.9. The van der Waals surface area contributed by atoms with E-state index in [-0.39, 0.29) is 6.61 Å². The lowest BCUT2D eigenvalue weighted by Crippen LogP contribution is -1.90. The van der Waals surface area contributed by atoms with Crippen LogP contribution in [-0.2, 0) is 6.42 Å². The Hall–Kier alpha value is -1.06. The number of halogens is 1. The third-order valence-electron chi connectivity index (χ3n) is 2.60. The fraction of sp³-hybridized carbons (Fsp3) is 0.231. The summed E-state index contributed by atoms with van der Waals surface area (Å²) in [5.74, 6) is 0.309. The smallest absolute Gasteiger partial charge is 0.119 e. The molecule has 0 aliphatic rings. The van der Waals surface area contributed by atoms with Crippen LogP contribution in [0.1, 0.15) is 12.0 Å². The zero-order valence-electron chi connectivity index (χ0n) is 8.78. The van der Waals surface area contributed by atoms with Crippen LogP contribution in [0.2, 0.25) is 0 Å². The van der Waals surface area contributed by atoms with E-state index in [1.807, 2.05) is 24.3 Å². The van der Waals surface area contributed by atoms with Crippen LogP contribution in [0.25, 0.3) is 10.8 Å². The number of fused-ring (bicyclic) bond motifs is 1. The highest BCUT2D eigenvalue weighted by Gasteiger charge is 2.04. The minimum absolute atomic E-state index is 0.149. The van der Waals surface area contributed by atoms with Crippen LogP contribution in [0.15, 0.2) is 34.8 Å². The predicted molar refractivity (Wildman–Crippen MR) is 68.7 cm³/mol. The molecule has 0 spiro atoms. The van der Waals surface area contributed by atoms with Crippen LogP contribution in [0.5, 0.6) is 5.75 Å². The number of aryl methyl sites for hydroxylation is 1. The third kappa shape index (κ3) is 2.36. The molecule has 0 heterocycles. The Labute approximate surface area is 103 Å². The second-order valence-corrected chi connectivity index (χ2v) is 4.72. The molecule has 0 bridgehead atoms. The first-order chi connectivity index (χ1) is 7.70. The van der Waals surface area contributed by atoms with Crippen LogP contribution in [0.3, 0.4) is 0 Å². The van der Waals surface area contributed by atoms with E-state index in [0.717, 1.165) is 20.8 Å². The van der Waals surface area contributed by atoms with E-state index in [2.05, 4.69) is 15.9 Å². The van der Waals surface area contributed by atoms with Crippen molar-refractivity contribution in [2.24, 2.45) is 0 Å². The number of rotatable bonds is 3. The molecule has 0 radical (unpaired) electrons. The monoisotopic (exact) mass is 280 g/mol. The van der Waals surface area contributed by atoms with Crippen molar-refractivity contribution < 1.29 is 10.2 Å². The molecule has 2 N–H and O–H groups in total. The summed E-state index contributed by atoms with van der Waals surface area (Å²) in [4.78, 5) is 0. The molecule has 2 rings (SSSR count). The Morgan fingerprint density at radius 2 is 1.88 bits per heavy atom. The average molecular weight is 281 g/mol. The molecule has 84 valence electrons. The summed E-state index contributed by atoms with van der Waals surface area (Å²) in [5, 5.41) is 20.7. The first-order valence-electron chi connectivity index (χ1n) is 5.23. The van der Waals surface area contributed by atoms with Crippen molar-refractivity contribution in [3.8, 4) is 5.75 Å². The number of hydrogen-bond donors (Lipinski definition) is 2. The van der Waals surface area contributed by atoms with Crippen LogP contribution in [0.4, 0.5) is 0 Å². The molecule has 2 aromatic carbocycles. The number of aliphatic hydroxyl groups excluding tert-OH is 1. The Morgan fingerprint density at radius 1 is 1.06 bits per heavy atom. The number of aliphatic hydroxyl groups is 1. The van der Waals surface area contributed by atoms with Crippen molar-refractivity contribution in [1.82, 2.24) is 0 Å². The van der Waals surface area contributed by atoms with Crippen LogP contribution in [-0.4, -0.2) is 16.8 Å². The Bertz CT molecular complexity index is 509. The normalized spacial score (nSPS) is 10.9. The quantitative estimate of drug-likeness (QED) is 0.906. The molecular formula is C13H13BrO2. The second kappa shape index (κ2) is 4.85. The lowest BCUT2D eigenvalue weighted by molar-refractivity contribution is 0.288. The van der Waals surface area contributed by atoms with Gasteiger partial charge in [-0.05, 0) is 53.4 Å². The largest absolute Gasteiger partial charge is 0.508 e. The molecule has 0 unspecified atom stereocenters. The zero-order valence-corrected chi connectivity index (χ0v) is 10.4. The van der Waals surface area contributed by atoms with Crippen molar-refractivity contribution in [3.05, 3.63) is 40.4 Å². The molecule has 0 saturated heterocycles. The molecule has 0 fully saturated rings. The summed E-state index contributed by atoms with van der Waals surface area (Å²) in [5.41, 5.74) is 0.889. The molecule has 0 aliphatic carbocycles. The Balaban J connectivity index is 2.46. The zero-order chi connectivity index (χ0) is 11.5. The molecule has 0 aliphatic heterocycles. The Morgan fingerprint density at radius 3 is 2.62 bits per heavy atom.